The number of piperidine rings is 1. The van der Waals surface area contributed by atoms with Gasteiger partial charge in [0.15, 0.2) is 0 Å². The standard InChI is InChI=1S/C21H34N2O.ClH/c1-14(2)18-7-6-8-19(15(3)4)21(18)23-20(24)13-16(5)17-9-11-22-12-10-17;/h6-8,14-17,22H,9-13H2,1-5H3,(H,23,24);1H. The Morgan fingerprint density at radius 3 is 2.08 bits per heavy atom. The zero-order chi connectivity index (χ0) is 17.7. The Bertz CT molecular complexity index is 525. The molecule has 0 spiro atoms. The number of hydrogen-bond acceptors (Lipinski definition) is 2. The number of amides is 1. The molecule has 142 valence electrons. The minimum atomic E-state index is 0. The van der Waals surface area contributed by atoms with Gasteiger partial charge in [-0.1, -0.05) is 52.8 Å². The van der Waals surface area contributed by atoms with Crippen molar-refractivity contribution < 1.29 is 4.79 Å². The second-order valence-electron chi connectivity index (χ2n) is 7.94. The number of benzene rings is 1. The fourth-order valence-corrected chi connectivity index (χ4v) is 3.76. The number of rotatable bonds is 6. The van der Waals surface area contributed by atoms with E-state index in [2.05, 4.69) is 63.5 Å². The molecule has 1 aliphatic rings. The van der Waals surface area contributed by atoms with E-state index in [0.717, 1.165) is 18.8 Å². The van der Waals surface area contributed by atoms with Crippen molar-refractivity contribution in [2.24, 2.45) is 11.8 Å². The summed E-state index contributed by atoms with van der Waals surface area (Å²) in [6, 6.07) is 6.39. The van der Waals surface area contributed by atoms with Crippen LogP contribution in [0.25, 0.3) is 0 Å². The van der Waals surface area contributed by atoms with E-state index in [9.17, 15) is 4.79 Å². The highest BCUT2D eigenvalue weighted by Crippen LogP contribution is 2.33. The fourth-order valence-electron chi connectivity index (χ4n) is 3.76. The van der Waals surface area contributed by atoms with Gasteiger partial charge in [-0.3, -0.25) is 4.79 Å². The van der Waals surface area contributed by atoms with E-state index < -0.39 is 0 Å². The maximum atomic E-state index is 12.7. The third-order valence-electron chi connectivity index (χ3n) is 5.33. The summed E-state index contributed by atoms with van der Waals surface area (Å²) in [6.45, 7) is 13.2. The lowest BCUT2D eigenvalue weighted by molar-refractivity contribution is -0.117. The van der Waals surface area contributed by atoms with Gasteiger partial charge in [-0.2, -0.15) is 0 Å². The van der Waals surface area contributed by atoms with Gasteiger partial charge >= 0.3 is 0 Å². The van der Waals surface area contributed by atoms with Crippen LogP contribution >= 0.6 is 12.4 Å². The Kier molecular flexibility index (Phi) is 8.95. The first-order valence-electron chi connectivity index (χ1n) is 9.53. The van der Waals surface area contributed by atoms with E-state index in [4.69, 9.17) is 0 Å². The van der Waals surface area contributed by atoms with Crippen LogP contribution in [0.1, 0.15) is 76.8 Å². The third-order valence-corrected chi connectivity index (χ3v) is 5.33. The molecule has 1 saturated heterocycles. The first-order chi connectivity index (χ1) is 11.4. The lowest BCUT2D eigenvalue weighted by Crippen LogP contribution is -2.32. The molecule has 1 unspecified atom stereocenters. The molecule has 2 N–H and O–H groups in total. The molecule has 0 saturated carbocycles. The summed E-state index contributed by atoms with van der Waals surface area (Å²) in [5.41, 5.74) is 3.53. The van der Waals surface area contributed by atoms with Gasteiger partial charge < -0.3 is 10.6 Å². The molecule has 0 bridgehead atoms. The van der Waals surface area contributed by atoms with Crippen molar-refractivity contribution in [1.29, 1.82) is 0 Å². The first kappa shape index (κ1) is 22.0. The molecule has 1 amide bonds. The van der Waals surface area contributed by atoms with Crippen LogP contribution in [0.5, 0.6) is 0 Å². The highest BCUT2D eigenvalue weighted by atomic mass is 35.5. The molecular weight excluding hydrogens is 332 g/mol. The number of nitrogens with one attached hydrogen (secondary N) is 2. The van der Waals surface area contributed by atoms with Gasteiger partial charge in [-0.15, -0.1) is 12.4 Å². The van der Waals surface area contributed by atoms with Crippen LogP contribution in [0.2, 0.25) is 0 Å². The van der Waals surface area contributed by atoms with Crippen molar-refractivity contribution in [3.8, 4) is 0 Å². The molecule has 1 fully saturated rings. The van der Waals surface area contributed by atoms with Crippen LogP contribution < -0.4 is 10.6 Å². The molecule has 2 rings (SSSR count). The van der Waals surface area contributed by atoms with E-state index in [1.165, 1.54) is 24.0 Å². The fraction of sp³-hybridized carbons (Fsp3) is 0.667. The Morgan fingerprint density at radius 2 is 1.60 bits per heavy atom. The highest BCUT2D eigenvalue weighted by molar-refractivity contribution is 5.92. The lowest BCUT2D eigenvalue weighted by atomic mass is 9.84. The van der Waals surface area contributed by atoms with Gasteiger partial charge in [-0.25, -0.2) is 0 Å². The van der Waals surface area contributed by atoms with E-state index in [1.54, 1.807) is 0 Å². The van der Waals surface area contributed by atoms with Gasteiger partial charge in [-0.05, 0) is 60.7 Å². The minimum Gasteiger partial charge on any atom is -0.326 e. The number of carbonyl (C=O) groups is 1. The molecule has 1 aromatic rings. The predicted molar refractivity (Wildman–Crippen MR) is 110 cm³/mol. The largest absolute Gasteiger partial charge is 0.326 e. The summed E-state index contributed by atoms with van der Waals surface area (Å²) in [5.74, 6) is 2.08. The Hall–Kier alpha value is -1.06. The molecule has 0 aromatic heterocycles. The third kappa shape index (κ3) is 6.00. The zero-order valence-corrected chi connectivity index (χ0v) is 17.2. The summed E-state index contributed by atoms with van der Waals surface area (Å²) in [7, 11) is 0. The minimum absolute atomic E-state index is 0. The summed E-state index contributed by atoms with van der Waals surface area (Å²) in [4.78, 5) is 12.7. The van der Waals surface area contributed by atoms with Gasteiger partial charge in [0.2, 0.25) is 5.91 Å². The summed E-state index contributed by atoms with van der Waals surface area (Å²) in [5, 5.41) is 6.66. The van der Waals surface area contributed by atoms with E-state index in [-0.39, 0.29) is 18.3 Å². The van der Waals surface area contributed by atoms with E-state index in [1.807, 2.05) is 0 Å². The number of carbonyl (C=O) groups excluding carboxylic acids is 1. The maximum absolute atomic E-state index is 12.7. The van der Waals surface area contributed by atoms with Crippen LogP contribution in [0.15, 0.2) is 18.2 Å². The predicted octanol–water partition coefficient (Wildman–Crippen LogP) is 5.32. The lowest BCUT2D eigenvalue weighted by Gasteiger charge is -2.28. The molecule has 0 radical (unpaired) electrons. The molecule has 4 heteroatoms. The molecule has 0 aliphatic carbocycles. The second kappa shape index (κ2) is 10.2. The summed E-state index contributed by atoms with van der Waals surface area (Å²) in [6.07, 6.45) is 3.00. The molecule has 1 heterocycles. The topological polar surface area (TPSA) is 41.1 Å². The quantitative estimate of drug-likeness (QED) is 0.715. The second-order valence-corrected chi connectivity index (χ2v) is 7.94. The molecule has 3 nitrogen and oxygen atoms in total. The first-order valence-corrected chi connectivity index (χ1v) is 9.53. The maximum Gasteiger partial charge on any atom is 0.224 e. The molecule has 1 aliphatic heterocycles. The van der Waals surface area contributed by atoms with Gasteiger partial charge in [0, 0.05) is 12.1 Å². The van der Waals surface area contributed by atoms with Crippen LogP contribution in [-0.4, -0.2) is 19.0 Å². The van der Waals surface area contributed by atoms with Crippen molar-refractivity contribution >= 4 is 24.0 Å². The van der Waals surface area contributed by atoms with Crippen molar-refractivity contribution in [1.82, 2.24) is 5.32 Å². The average molecular weight is 367 g/mol. The van der Waals surface area contributed by atoms with Gasteiger partial charge in [0.05, 0.1) is 0 Å². The van der Waals surface area contributed by atoms with E-state index in [0.29, 0.717) is 30.1 Å². The number of anilines is 1. The number of para-hydroxylation sites is 1. The summed E-state index contributed by atoms with van der Waals surface area (Å²) < 4.78 is 0. The average Bonchev–Trinajstić information content (AvgIpc) is 2.55. The smallest absolute Gasteiger partial charge is 0.224 e. The Balaban J connectivity index is 0.00000312. The van der Waals surface area contributed by atoms with Crippen LogP contribution in [0.4, 0.5) is 5.69 Å². The Morgan fingerprint density at radius 1 is 1.08 bits per heavy atom. The van der Waals surface area contributed by atoms with Crippen molar-refractivity contribution in [3.05, 3.63) is 29.3 Å². The van der Waals surface area contributed by atoms with Crippen LogP contribution in [0.3, 0.4) is 0 Å². The highest BCUT2D eigenvalue weighted by Gasteiger charge is 2.23. The van der Waals surface area contributed by atoms with Crippen LogP contribution in [-0.2, 0) is 4.79 Å². The molecule has 1 aromatic carbocycles. The molecular formula is C21H35ClN2O. The Labute approximate surface area is 159 Å². The van der Waals surface area contributed by atoms with E-state index >= 15 is 0 Å². The molecule has 25 heavy (non-hydrogen) atoms. The van der Waals surface area contributed by atoms with Crippen molar-refractivity contribution in [2.75, 3.05) is 18.4 Å². The normalized spacial score (nSPS) is 16.6. The van der Waals surface area contributed by atoms with Crippen molar-refractivity contribution in [3.63, 3.8) is 0 Å². The monoisotopic (exact) mass is 366 g/mol. The van der Waals surface area contributed by atoms with Crippen LogP contribution in [0, 0.1) is 11.8 Å². The molecule has 1 atom stereocenters. The number of halogens is 1. The zero-order valence-electron chi connectivity index (χ0n) is 16.4. The number of hydrogen-bond donors (Lipinski definition) is 2. The summed E-state index contributed by atoms with van der Waals surface area (Å²) >= 11 is 0. The van der Waals surface area contributed by atoms with Gasteiger partial charge in [0.25, 0.3) is 0 Å². The SMILES string of the molecule is CC(C)c1cccc(C(C)C)c1NC(=O)CC(C)C1CCNCC1.Cl. The van der Waals surface area contributed by atoms with Crippen molar-refractivity contribution in [2.45, 2.75) is 65.7 Å². The van der Waals surface area contributed by atoms with Gasteiger partial charge in [0.1, 0.15) is 0 Å².